The summed E-state index contributed by atoms with van der Waals surface area (Å²) in [7, 11) is 0. The van der Waals surface area contributed by atoms with Gasteiger partial charge < -0.3 is 15.5 Å². The number of aromatic carboxylic acids is 2. The summed E-state index contributed by atoms with van der Waals surface area (Å²) in [5, 5.41) is 26.2. The molecule has 4 rings (SSSR count). The Bertz CT molecular complexity index is 1070. The number of aromatic nitrogens is 3. The van der Waals surface area contributed by atoms with Crippen LogP contribution < -0.4 is 5.32 Å². The van der Waals surface area contributed by atoms with Crippen molar-refractivity contribution in [3.8, 4) is 0 Å². The monoisotopic (exact) mass is 366 g/mol. The molecule has 8 nitrogen and oxygen atoms in total. The van der Waals surface area contributed by atoms with Crippen molar-refractivity contribution in [2.45, 2.75) is 32.4 Å². The normalized spacial score (nSPS) is 15.8. The van der Waals surface area contributed by atoms with E-state index in [9.17, 15) is 19.8 Å². The highest BCUT2D eigenvalue weighted by Gasteiger charge is 2.26. The topological polar surface area (TPSA) is 117 Å². The van der Waals surface area contributed by atoms with Gasteiger partial charge in [0, 0.05) is 18.7 Å². The Balaban J connectivity index is 1.61. The Kier molecular flexibility index (Phi) is 4.12. The Morgan fingerprint density at radius 2 is 2.07 bits per heavy atom. The minimum Gasteiger partial charge on any atom is -0.478 e. The fourth-order valence-corrected chi connectivity index (χ4v) is 3.76. The number of carbonyl (C=O) groups is 2. The van der Waals surface area contributed by atoms with Gasteiger partial charge >= 0.3 is 11.9 Å². The number of rotatable bonds is 5. The van der Waals surface area contributed by atoms with Gasteiger partial charge in [0.1, 0.15) is 0 Å². The molecule has 2 aromatic heterocycles. The fourth-order valence-electron chi connectivity index (χ4n) is 3.76. The molecule has 1 unspecified atom stereocenters. The van der Waals surface area contributed by atoms with E-state index in [1.54, 1.807) is 22.8 Å². The molecule has 1 atom stereocenters. The molecule has 0 bridgehead atoms. The summed E-state index contributed by atoms with van der Waals surface area (Å²) >= 11 is 0. The van der Waals surface area contributed by atoms with E-state index < -0.39 is 11.9 Å². The van der Waals surface area contributed by atoms with E-state index in [0.717, 1.165) is 29.5 Å². The van der Waals surface area contributed by atoms with E-state index in [-0.39, 0.29) is 11.7 Å². The van der Waals surface area contributed by atoms with Crippen molar-refractivity contribution in [3.63, 3.8) is 0 Å². The van der Waals surface area contributed by atoms with Crippen LogP contribution in [0.25, 0.3) is 5.65 Å². The number of hydrogen-bond acceptors (Lipinski definition) is 5. The smallest absolute Gasteiger partial charge is 0.354 e. The number of benzene rings is 1. The first-order chi connectivity index (χ1) is 13.0. The Morgan fingerprint density at radius 1 is 1.26 bits per heavy atom. The van der Waals surface area contributed by atoms with Crippen LogP contribution in [-0.2, 0) is 13.0 Å². The molecule has 3 N–H and O–H groups in total. The number of nitrogens with zero attached hydrogens (tertiary/aromatic N) is 3. The molecule has 1 aliphatic carbocycles. The molecule has 3 aromatic rings. The lowest BCUT2D eigenvalue weighted by atomic mass is 9.98. The van der Waals surface area contributed by atoms with Crippen LogP contribution in [0.5, 0.6) is 0 Å². The van der Waals surface area contributed by atoms with Gasteiger partial charge in [0.15, 0.2) is 11.3 Å². The maximum atomic E-state index is 11.3. The average Bonchev–Trinajstić information content (AvgIpc) is 3.26. The number of nitrogens with one attached hydrogen (secondary N) is 1. The molecule has 0 fully saturated rings. The summed E-state index contributed by atoms with van der Waals surface area (Å²) in [5.41, 5.74) is 4.51. The fraction of sp³-hybridized carbons (Fsp3) is 0.263. The highest BCUT2D eigenvalue weighted by Crippen LogP contribution is 2.34. The van der Waals surface area contributed by atoms with E-state index in [2.05, 4.69) is 15.4 Å². The Morgan fingerprint density at radius 3 is 2.81 bits per heavy atom. The van der Waals surface area contributed by atoms with Gasteiger partial charge in [0.2, 0.25) is 0 Å². The molecular weight excluding hydrogens is 348 g/mol. The third-order valence-electron chi connectivity index (χ3n) is 5.11. The summed E-state index contributed by atoms with van der Waals surface area (Å²) in [6, 6.07) is 6.78. The quantitative estimate of drug-likeness (QED) is 0.634. The zero-order valence-electron chi connectivity index (χ0n) is 14.6. The minimum absolute atomic E-state index is 0.0198. The van der Waals surface area contributed by atoms with Crippen molar-refractivity contribution < 1.29 is 19.8 Å². The van der Waals surface area contributed by atoms with Crippen LogP contribution in [0, 0.1) is 6.92 Å². The third-order valence-corrected chi connectivity index (χ3v) is 5.11. The van der Waals surface area contributed by atoms with Gasteiger partial charge in [-0.05, 0) is 48.6 Å². The Labute approximate surface area is 154 Å². The molecule has 0 spiro atoms. The molecule has 8 heteroatoms. The van der Waals surface area contributed by atoms with Gasteiger partial charge in [-0.1, -0.05) is 6.07 Å². The molecule has 0 amide bonds. The second-order valence-electron chi connectivity index (χ2n) is 6.62. The number of carboxylic acid groups (broad SMARTS) is 2. The average molecular weight is 366 g/mol. The molecule has 1 aliphatic rings. The van der Waals surface area contributed by atoms with Gasteiger partial charge in [-0.15, -0.1) is 0 Å². The molecule has 2 heterocycles. The van der Waals surface area contributed by atoms with E-state index in [1.807, 2.05) is 13.0 Å². The largest absolute Gasteiger partial charge is 0.478 e. The van der Waals surface area contributed by atoms with Crippen LogP contribution in [0.15, 0.2) is 30.5 Å². The molecule has 138 valence electrons. The first-order valence-electron chi connectivity index (χ1n) is 8.61. The van der Waals surface area contributed by atoms with Gasteiger partial charge in [-0.3, -0.25) is 0 Å². The number of carboxylic acids is 2. The van der Waals surface area contributed by atoms with Gasteiger partial charge in [0.25, 0.3) is 0 Å². The molecular formula is C19H18N4O4. The van der Waals surface area contributed by atoms with Crippen molar-refractivity contribution in [2.75, 3.05) is 0 Å². The standard InChI is InChI=1S/C19H18N4O4/c1-10-12-4-5-15(14(12)3-2-13(10)18(24)25)20-9-11-8-16(19(26)27)22-17-6-7-21-23(11)17/h2-3,6-8,15,20H,4-5,9H2,1H3,(H,24,25)(H,26,27). The van der Waals surface area contributed by atoms with E-state index in [0.29, 0.717) is 23.4 Å². The van der Waals surface area contributed by atoms with Crippen molar-refractivity contribution in [3.05, 3.63) is 64.1 Å². The van der Waals surface area contributed by atoms with Crippen LogP contribution in [0.1, 0.15) is 55.7 Å². The lowest BCUT2D eigenvalue weighted by Gasteiger charge is -2.16. The zero-order chi connectivity index (χ0) is 19.1. The summed E-state index contributed by atoms with van der Waals surface area (Å²) in [6.07, 6.45) is 3.26. The van der Waals surface area contributed by atoms with Crippen LogP contribution in [0.3, 0.4) is 0 Å². The van der Waals surface area contributed by atoms with E-state index >= 15 is 0 Å². The van der Waals surface area contributed by atoms with Crippen molar-refractivity contribution in [1.82, 2.24) is 19.9 Å². The summed E-state index contributed by atoms with van der Waals surface area (Å²) in [6.45, 7) is 2.27. The summed E-state index contributed by atoms with van der Waals surface area (Å²) in [5.74, 6) is -1.99. The predicted octanol–water partition coefficient (Wildman–Crippen LogP) is 2.21. The third kappa shape index (κ3) is 2.93. The first-order valence-corrected chi connectivity index (χ1v) is 8.61. The summed E-state index contributed by atoms with van der Waals surface area (Å²) < 4.78 is 1.62. The molecule has 0 aliphatic heterocycles. The second-order valence-corrected chi connectivity index (χ2v) is 6.62. The SMILES string of the molecule is Cc1c(C(=O)O)ccc2c1CCC2NCc1cc(C(=O)O)nc2ccnn12. The molecule has 0 radical (unpaired) electrons. The van der Waals surface area contributed by atoms with Gasteiger partial charge in [-0.25, -0.2) is 19.1 Å². The lowest BCUT2D eigenvalue weighted by Crippen LogP contribution is -2.21. The van der Waals surface area contributed by atoms with Crippen molar-refractivity contribution >= 4 is 17.6 Å². The highest BCUT2D eigenvalue weighted by molar-refractivity contribution is 5.90. The van der Waals surface area contributed by atoms with Crippen LogP contribution in [0.2, 0.25) is 0 Å². The predicted molar refractivity (Wildman–Crippen MR) is 96.0 cm³/mol. The van der Waals surface area contributed by atoms with Gasteiger partial charge in [0.05, 0.1) is 17.5 Å². The molecule has 27 heavy (non-hydrogen) atoms. The maximum absolute atomic E-state index is 11.3. The molecule has 0 saturated heterocycles. The van der Waals surface area contributed by atoms with E-state index in [4.69, 9.17) is 0 Å². The molecule has 1 aromatic carbocycles. The van der Waals surface area contributed by atoms with Crippen LogP contribution in [0.4, 0.5) is 0 Å². The van der Waals surface area contributed by atoms with Crippen LogP contribution in [-0.4, -0.2) is 36.7 Å². The van der Waals surface area contributed by atoms with Crippen molar-refractivity contribution in [1.29, 1.82) is 0 Å². The highest BCUT2D eigenvalue weighted by atomic mass is 16.4. The molecule has 0 saturated carbocycles. The second kappa shape index (κ2) is 6.48. The van der Waals surface area contributed by atoms with Gasteiger partial charge in [-0.2, -0.15) is 5.10 Å². The van der Waals surface area contributed by atoms with Crippen molar-refractivity contribution in [2.24, 2.45) is 0 Å². The lowest BCUT2D eigenvalue weighted by molar-refractivity contribution is 0.0682. The number of fused-ring (bicyclic) bond motifs is 2. The first kappa shape index (κ1) is 17.2. The summed E-state index contributed by atoms with van der Waals surface area (Å²) in [4.78, 5) is 26.7. The van der Waals surface area contributed by atoms with Crippen LogP contribution >= 0.6 is 0 Å². The zero-order valence-corrected chi connectivity index (χ0v) is 14.6. The van der Waals surface area contributed by atoms with E-state index in [1.165, 1.54) is 6.07 Å². The minimum atomic E-state index is -1.08. The number of hydrogen-bond donors (Lipinski definition) is 3. The Hall–Kier alpha value is -3.26. The maximum Gasteiger partial charge on any atom is 0.354 e.